The standard InChI is InChI=1S/C8H13NO4.C2H6.Na/c1-3(8(12)13)6-5(4(2)10)7(11)9-6;1-2;/h3-6,10H,1-2H3,(H,9,11)(H,12,13);1-2H3;/q;;+1/p-1. The Hall–Kier alpha value is -0.100. The second-order valence-corrected chi connectivity index (χ2v) is 3.41. The summed E-state index contributed by atoms with van der Waals surface area (Å²) in [6.45, 7) is 6.92. The van der Waals surface area contributed by atoms with Crippen molar-refractivity contribution in [1.29, 1.82) is 0 Å². The van der Waals surface area contributed by atoms with Gasteiger partial charge in [0.25, 0.3) is 0 Å². The molecule has 16 heavy (non-hydrogen) atoms. The van der Waals surface area contributed by atoms with Crippen molar-refractivity contribution in [3.05, 3.63) is 0 Å². The summed E-state index contributed by atoms with van der Waals surface area (Å²) in [5.41, 5.74) is 0. The third-order valence-corrected chi connectivity index (χ3v) is 2.43. The van der Waals surface area contributed by atoms with Crippen LogP contribution in [0.2, 0.25) is 0 Å². The zero-order valence-corrected chi connectivity index (χ0v) is 12.5. The average molecular weight is 239 g/mol. The quantitative estimate of drug-likeness (QED) is 0.387. The minimum atomic E-state index is -1.21. The molecule has 1 fully saturated rings. The third kappa shape index (κ3) is 4.05. The molecule has 1 rings (SSSR count). The molecule has 0 aromatic heterocycles. The predicted octanol–water partition coefficient (Wildman–Crippen LogP) is -4.10. The number of amides is 1. The molecule has 0 aromatic rings. The molecule has 2 N–H and O–H groups in total. The van der Waals surface area contributed by atoms with Gasteiger partial charge in [-0.1, -0.05) is 20.8 Å². The molecule has 0 radical (unpaired) electrons. The Labute approximate surface area is 118 Å². The van der Waals surface area contributed by atoms with Crippen molar-refractivity contribution in [1.82, 2.24) is 5.32 Å². The van der Waals surface area contributed by atoms with E-state index in [4.69, 9.17) is 5.11 Å². The van der Waals surface area contributed by atoms with Crippen molar-refractivity contribution in [3.8, 4) is 0 Å². The number of carboxylic acid groups (broad SMARTS) is 1. The van der Waals surface area contributed by atoms with Crippen molar-refractivity contribution in [2.75, 3.05) is 0 Å². The summed E-state index contributed by atoms with van der Waals surface area (Å²) < 4.78 is 0. The minimum absolute atomic E-state index is 0. The van der Waals surface area contributed by atoms with Gasteiger partial charge in [-0.15, -0.1) is 0 Å². The molecular weight excluding hydrogens is 221 g/mol. The van der Waals surface area contributed by atoms with Crippen molar-refractivity contribution < 1.29 is 49.4 Å². The normalized spacial score (nSPS) is 25.9. The smallest absolute Gasteiger partial charge is 0.550 e. The fourth-order valence-electron chi connectivity index (χ4n) is 1.52. The maximum Gasteiger partial charge on any atom is 1.00 e. The van der Waals surface area contributed by atoms with Gasteiger partial charge in [0.1, 0.15) is 0 Å². The summed E-state index contributed by atoms with van der Waals surface area (Å²) >= 11 is 0. The summed E-state index contributed by atoms with van der Waals surface area (Å²) in [6, 6.07) is -0.502. The summed E-state index contributed by atoms with van der Waals surface area (Å²) in [6.07, 6.45) is -0.819. The first-order chi connectivity index (χ1) is 6.95. The second-order valence-electron chi connectivity index (χ2n) is 3.41. The number of β-lactam (4-membered cyclic amide) rings is 1. The fourth-order valence-corrected chi connectivity index (χ4v) is 1.52. The zero-order valence-electron chi connectivity index (χ0n) is 10.5. The monoisotopic (exact) mass is 239 g/mol. The Balaban J connectivity index is 0. The van der Waals surface area contributed by atoms with E-state index in [1.165, 1.54) is 13.8 Å². The number of aliphatic hydroxyl groups is 1. The van der Waals surface area contributed by atoms with Crippen LogP contribution in [0.4, 0.5) is 0 Å². The van der Waals surface area contributed by atoms with Crippen molar-refractivity contribution >= 4 is 11.9 Å². The van der Waals surface area contributed by atoms with E-state index in [0.29, 0.717) is 0 Å². The van der Waals surface area contributed by atoms with Crippen LogP contribution in [0.1, 0.15) is 27.7 Å². The molecule has 1 heterocycles. The molecule has 88 valence electrons. The van der Waals surface area contributed by atoms with Crippen LogP contribution in [-0.4, -0.2) is 29.1 Å². The molecule has 1 saturated heterocycles. The van der Waals surface area contributed by atoms with Gasteiger partial charge in [0.15, 0.2) is 0 Å². The van der Waals surface area contributed by atoms with Gasteiger partial charge >= 0.3 is 29.6 Å². The van der Waals surface area contributed by atoms with Gasteiger partial charge in [0.05, 0.1) is 18.1 Å². The average Bonchev–Trinajstić information content (AvgIpc) is 2.14. The molecule has 0 spiro atoms. The number of aliphatic hydroxyl groups excluding tert-OH is 1. The molecule has 1 amide bonds. The Bertz CT molecular complexity index is 245. The molecule has 1 aliphatic rings. The molecule has 5 nitrogen and oxygen atoms in total. The van der Waals surface area contributed by atoms with Crippen LogP contribution in [0.25, 0.3) is 0 Å². The number of carbonyl (C=O) groups excluding carboxylic acids is 2. The molecule has 0 saturated carbocycles. The van der Waals surface area contributed by atoms with Gasteiger partial charge < -0.3 is 20.3 Å². The predicted molar refractivity (Wildman–Crippen MR) is 52.6 cm³/mol. The maximum atomic E-state index is 10.9. The number of nitrogens with one attached hydrogen (secondary N) is 1. The van der Waals surface area contributed by atoms with E-state index in [1.807, 2.05) is 13.8 Å². The van der Waals surface area contributed by atoms with E-state index < -0.39 is 30.0 Å². The van der Waals surface area contributed by atoms with Gasteiger partial charge in [0, 0.05) is 11.9 Å². The Morgan fingerprint density at radius 3 is 2.12 bits per heavy atom. The largest absolute Gasteiger partial charge is 1.00 e. The zero-order chi connectivity index (χ0) is 12.2. The number of carbonyl (C=O) groups is 2. The number of aliphatic carboxylic acids is 1. The molecule has 4 unspecified atom stereocenters. The number of rotatable bonds is 3. The van der Waals surface area contributed by atoms with Crippen molar-refractivity contribution in [2.45, 2.75) is 39.8 Å². The SMILES string of the molecule is CC.CC(O)C1C(=O)NC1C(C)C(=O)[O-].[Na+]. The molecule has 0 aliphatic carbocycles. The van der Waals surface area contributed by atoms with E-state index in [2.05, 4.69) is 5.32 Å². The van der Waals surface area contributed by atoms with Crippen LogP contribution in [0.5, 0.6) is 0 Å². The Morgan fingerprint density at radius 1 is 1.44 bits per heavy atom. The molecular formula is C10H18NNaO4. The maximum absolute atomic E-state index is 10.9. The Kier molecular flexibility index (Phi) is 9.20. The number of hydrogen-bond acceptors (Lipinski definition) is 4. The van der Waals surface area contributed by atoms with E-state index in [-0.39, 0.29) is 35.5 Å². The van der Waals surface area contributed by atoms with Gasteiger partial charge in [-0.3, -0.25) is 4.79 Å². The van der Waals surface area contributed by atoms with Crippen LogP contribution >= 0.6 is 0 Å². The molecule has 0 aromatic carbocycles. The van der Waals surface area contributed by atoms with Crippen LogP contribution in [0, 0.1) is 11.8 Å². The van der Waals surface area contributed by atoms with E-state index in [0.717, 1.165) is 0 Å². The van der Waals surface area contributed by atoms with Crippen LogP contribution in [-0.2, 0) is 9.59 Å². The van der Waals surface area contributed by atoms with Crippen LogP contribution in [0.3, 0.4) is 0 Å². The van der Waals surface area contributed by atoms with Crippen molar-refractivity contribution in [3.63, 3.8) is 0 Å². The first-order valence-corrected chi connectivity index (χ1v) is 5.14. The Morgan fingerprint density at radius 2 is 1.88 bits per heavy atom. The van der Waals surface area contributed by atoms with Gasteiger partial charge in [-0.2, -0.15) is 0 Å². The molecule has 0 bridgehead atoms. The summed E-state index contributed by atoms with van der Waals surface area (Å²) in [4.78, 5) is 21.4. The fraction of sp³-hybridized carbons (Fsp3) is 0.800. The van der Waals surface area contributed by atoms with E-state index >= 15 is 0 Å². The van der Waals surface area contributed by atoms with Gasteiger partial charge in [-0.05, 0) is 6.92 Å². The van der Waals surface area contributed by atoms with Crippen molar-refractivity contribution in [2.24, 2.45) is 11.8 Å². The number of hydrogen-bond donors (Lipinski definition) is 2. The van der Waals surface area contributed by atoms with Gasteiger partial charge in [-0.25, -0.2) is 0 Å². The van der Waals surface area contributed by atoms with Crippen LogP contribution in [0.15, 0.2) is 0 Å². The number of carboxylic acids is 1. The van der Waals surface area contributed by atoms with E-state index in [1.54, 1.807) is 0 Å². The summed E-state index contributed by atoms with van der Waals surface area (Å²) in [7, 11) is 0. The molecule has 4 atom stereocenters. The van der Waals surface area contributed by atoms with Gasteiger partial charge in [0.2, 0.25) is 5.91 Å². The topological polar surface area (TPSA) is 89.5 Å². The molecule has 1 aliphatic heterocycles. The summed E-state index contributed by atoms with van der Waals surface area (Å²) in [5, 5.41) is 22.1. The second kappa shape index (κ2) is 8.06. The van der Waals surface area contributed by atoms with Crippen LogP contribution < -0.4 is 40.0 Å². The third-order valence-electron chi connectivity index (χ3n) is 2.43. The minimum Gasteiger partial charge on any atom is -0.550 e. The first-order valence-electron chi connectivity index (χ1n) is 5.14. The first kappa shape index (κ1) is 18.3. The summed E-state index contributed by atoms with van der Waals surface area (Å²) in [5.74, 6) is -2.89. The molecule has 6 heteroatoms. The van der Waals surface area contributed by atoms with E-state index in [9.17, 15) is 14.7 Å².